The van der Waals surface area contributed by atoms with Gasteiger partial charge in [0.15, 0.2) is 0 Å². The lowest BCUT2D eigenvalue weighted by Gasteiger charge is -2.23. The molecule has 1 aliphatic rings. The van der Waals surface area contributed by atoms with Crippen molar-refractivity contribution in [1.82, 2.24) is 4.90 Å². The predicted molar refractivity (Wildman–Crippen MR) is 60.2 cm³/mol. The molecule has 0 saturated carbocycles. The number of likely N-dealkylation sites (tertiary alicyclic amines) is 1. The Bertz CT molecular complexity index is 341. The molecule has 1 aliphatic heterocycles. The largest absolute Gasteiger partial charge is 0.443 e. The van der Waals surface area contributed by atoms with Crippen LogP contribution in [-0.2, 0) is 9.53 Å². The summed E-state index contributed by atoms with van der Waals surface area (Å²) >= 11 is 2.91. The average Bonchev–Trinajstić information content (AvgIpc) is 2.36. The lowest BCUT2D eigenvalue weighted by molar-refractivity contribution is -0.149. The molecule has 0 spiro atoms. The van der Waals surface area contributed by atoms with Crippen molar-refractivity contribution < 1.29 is 23.1 Å². The quantitative estimate of drug-likeness (QED) is 0.698. The van der Waals surface area contributed by atoms with Crippen molar-refractivity contribution in [2.24, 2.45) is 5.92 Å². The Morgan fingerprint density at radius 3 is 2.47 bits per heavy atom. The Hall–Kier alpha value is -0.720. The van der Waals surface area contributed by atoms with E-state index in [1.807, 2.05) is 0 Å². The molecule has 0 N–H and O–H groups in total. The van der Waals surface area contributed by atoms with Crippen molar-refractivity contribution in [3.63, 3.8) is 0 Å². The number of amides is 2. The molecule has 1 atom stereocenters. The molecule has 1 heterocycles. The number of nitrogens with zero attached hydrogens (tertiary/aromatic N) is 1. The minimum atomic E-state index is -3.51. The van der Waals surface area contributed by atoms with Crippen LogP contribution in [0.25, 0.3) is 0 Å². The topological polar surface area (TPSA) is 46.6 Å². The number of halogens is 3. The summed E-state index contributed by atoms with van der Waals surface area (Å²) in [6.45, 7) is 4.48. The van der Waals surface area contributed by atoms with Crippen molar-refractivity contribution >= 4 is 27.9 Å². The highest BCUT2D eigenvalue weighted by atomic mass is 79.9. The molecule has 0 aliphatic carbocycles. The van der Waals surface area contributed by atoms with Gasteiger partial charge in [0, 0.05) is 11.9 Å². The molecule has 0 aromatic carbocycles. The molecule has 7 heteroatoms. The molecule has 0 radical (unpaired) electrons. The lowest BCUT2D eigenvalue weighted by atomic mass is 10.1. The van der Waals surface area contributed by atoms with Crippen LogP contribution in [-0.4, -0.2) is 40.3 Å². The maximum Gasteiger partial charge on any atom is 0.417 e. The van der Waals surface area contributed by atoms with E-state index < -0.39 is 29.4 Å². The summed E-state index contributed by atoms with van der Waals surface area (Å²) in [5, 5.41) is -0.0506. The Balaban J connectivity index is 2.82. The summed E-state index contributed by atoms with van der Waals surface area (Å²) < 4.78 is 31.7. The van der Waals surface area contributed by atoms with Gasteiger partial charge in [-0.1, -0.05) is 15.9 Å². The van der Waals surface area contributed by atoms with Crippen LogP contribution in [0, 0.1) is 5.92 Å². The molecule has 0 bridgehead atoms. The van der Waals surface area contributed by atoms with E-state index in [2.05, 4.69) is 15.9 Å². The molecule has 4 nitrogen and oxygen atoms in total. The van der Waals surface area contributed by atoms with Crippen molar-refractivity contribution in [2.45, 2.75) is 32.3 Å². The Kier molecular flexibility index (Phi) is 3.81. The smallest absolute Gasteiger partial charge is 0.417 e. The molecular weight excluding hydrogens is 300 g/mol. The van der Waals surface area contributed by atoms with E-state index in [0.29, 0.717) is 4.90 Å². The molecule has 1 unspecified atom stereocenters. The SMILES string of the molecule is CC(C)(C)OC(=O)N1CC(CBr)C(F)(F)C1=O. The van der Waals surface area contributed by atoms with Gasteiger partial charge < -0.3 is 4.74 Å². The van der Waals surface area contributed by atoms with E-state index in [0.717, 1.165) is 0 Å². The summed E-state index contributed by atoms with van der Waals surface area (Å²) in [5.41, 5.74) is -0.820. The second-order valence-electron chi connectivity index (χ2n) is 4.87. The van der Waals surface area contributed by atoms with Crippen LogP contribution in [0.2, 0.25) is 0 Å². The van der Waals surface area contributed by atoms with Gasteiger partial charge in [-0.15, -0.1) is 0 Å². The van der Waals surface area contributed by atoms with E-state index in [-0.39, 0.29) is 11.9 Å². The number of hydrogen-bond acceptors (Lipinski definition) is 3. The minimum Gasteiger partial charge on any atom is -0.443 e. The van der Waals surface area contributed by atoms with Gasteiger partial charge in [0.2, 0.25) is 0 Å². The van der Waals surface area contributed by atoms with Gasteiger partial charge in [0.1, 0.15) is 5.60 Å². The van der Waals surface area contributed by atoms with Crippen LogP contribution in [0.4, 0.5) is 13.6 Å². The normalized spacial score (nSPS) is 24.0. The van der Waals surface area contributed by atoms with Gasteiger partial charge in [-0.05, 0) is 20.8 Å². The number of carbonyl (C=O) groups excluding carboxylic acids is 2. The number of alkyl halides is 3. The number of rotatable bonds is 1. The van der Waals surface area contributed by atoms with Crippen LogP contribution >= 0.6 is 15.9 Å². The van der Waals surface area contributed by atoms with Crippen LogP contribution < -0.4 is 0 Å². The van der Waals surface area contributed by atoms with Gasteiger partial charge in [0.25, 0.3) is 0 Å². The molecule has 98 valence electrons. The molecule has 17 heavy (non-hydrogen) atoms. The summed E-state index contributed by atoms with van der Waals surface area (Å²) in [4.78, 5) is 23.4. The summed E-state index contributed by atoms with van der Waals surface area (Å²) in [7, 11) is 0. The average molecular weight is 314 g/mol. The molecule has 0 aromatic rings. The van der Waals surface area contributed by atoms with Crippen LogP contribution in [0.15, 0.2) is 0 Å². The lowest BCUT2D eigenvalue weighted by Crippen LogP contribution is -2.41. The zero-order valence-corrected chi connectivity index (χ0v) is 11.4. The Morgan fingerprint density at radius 2 is 2.12 bits per heavy atom. The highest BCUT2D eigenvalue weighted by Gasteiger charge is 2.58. The van der Waals surface area contributed by atoms with Crippen molar-refractivity contribution in [1.29, 1.82) is 0 Å². The van der Waals surface area contributed by atoms with Gasteiger partial charge in [-0.25, -0.2) is 9.69 Å². The monoisotopic (exact) mass is 313 g/mol. The first-order chi connectivity index (χ1) is 7.59. The van der Waals surface area contributed by atoms with E-state index in [1.54, 1.807) is 20.8 Å². The number of carbonyl (C=O) groups is 2. The van der Waals surface area contributed by atoms with Gasteiger partial charge in [0.05, 0.1) is 5.92 Å². The van der Waals surface area contributed by atoms with E-state index in [1.165, 1.54) is 0 Å². The van der Waals surface area contributed by atoms with Crippen LogP contribution in [0.3, 0.4) is 0 Å². The maximum absolute atomic E-state index is 13.4. The standard InChI is InChI=1S/C10H14BrF2NO3/c1-9(2,3)17-8(16)14-5-6(4-11)10(12,13)7(14)15/h6H,4-5H2,1-3H3. The number of hydrogen-bond donors (Lipinski definition) is 0. The zero-order valence-electron chi connectivity index (χ0n) is 9.80. The maximum atomic E-state index is 13.4. The Labute approximate surface area is 106 Å². The Morgan fingerprint density at radius 1 is 1.59 bits per heavy atom. The van der Waals surface area contributed by atoms with Crippen molar-refractivity contribution in [3.05, 3.63) is 0 Å². The fourth-order valence-corrected chi connectivity index (χ4v) is 2.00. The van der Waals surface area contributed by atoms with Crippen LogP contribution in [0.1, 0.15) is 20.8 Å². The molecular formula is C10H14BrF2NO3. The first kappa shape index (κ1) is 14.3. The third-order valence-electron chi connectivity index (χ3n) is 2.25. The number of ether oxygens (including phenoxy) is 1. The molecule has 1 rings (SSSR count). The summed E-state index contributed by atoms with van der Waals surface area (Å²) in [6, 6.07) is 0. The first-order valence-electron chi connectivity index (χ1n) is 5.08. The van der Waals surface area contributed by atoms with Gasteiger partial charge >= 0.3 is 17.9 Å². The van der Waals surface area contributed by atoms with Crippen LogP contribution in [0.5, 0.6) is 0 Å². The zero-order chi connectivity index (χ0) is 13.4. The molecule has 2 amide bonds. The third kappa shape index (κ3) is 2.94. The minimum absolute atomic E-state index is 0.0506. The van der Waals surface area contributed by atoms with Crippen molar-refractivity contribution in [3.8, 4) is 0 Å². The van der Waals surface area contributed by atoms with E-state index >= 15 is 0 Å². The number of imide groups is 1. The third-order valence-corrected chi connectivity index (χ3v) is 3.03. The van der Waals surface area contributed by atoms with Crippen molar-refractivity contribution in [2.75, 3.05) is 11.9 Å². The van der Waals surface area contributed by atoms with E-state index in [4.69, 9.17) is 4.74 Å². The highest BCUT2D eigenvalue weighted by Crippen LogP contribution is 2.36. The van der Waals surface area contributed by atoms with Gasteiger partial charge in [-0.3, -0.25) is 4.79 Å². The molecule has 1 fully saturated rings. The first-order valence-corrected chi connectivity index (χ1v) is 6.20. The summed E-state index contributed by atoms with van der Waals surface area (Å²) in [6.07, 6.45) is -1.02. The fraction of sp³-hybridized carbons (Fsp3) is 0.800. The highest BCUT2D eigenvalue weighted by molar-refractivity contribution is 9.09. The summed E-state index contributed by atoms with van der Waals surface area (Å²) in [5.74, 6) is -6.21. The fourth-order valence-electron chi connectivity index (χ4n) is 1.39. The molecule has 1 saturated heterocycles. The predicted octanol–water partition coefficient (Wildman–Crippen LogP) is 2.41. The molecule has 0 aromatic heterocycles. The van der Waals surface area contributed by atoms with E-state index in [9.17, 15) is 18.4 Å². The second kappa shape index (κ2) is 4.51. The second-order valence-corrected chi connectivity index (χ2v) is 5.52. The van der Waals surface area contributed by atoms with Gasteiger partial charge in [-0.2, -0.15) is 8.78 Å².